The van der Waals surface area contributed by atoms with Crippen LogP contribution in [0, 0.1) is 11.6 Å². The van der Waals surface area contributed by atoms with Gasteiger partial charge in [-0.05, 0) is 36.6 Å². The smallest absolute Gasteiger partial charge is 0.159 e. The number of aryl methyl sites for hydroxylation is 1. The summed E-state index contributed by atoms with van der Waals surface area (Å²) in [6.07, 6.45) is 3.67. The van der Waals surface area contributed by atoms with Gasteiger partial charge >= 0.3 is 0 Å². The van der Waals surface area contributed by atoms with Crippen LogP contribution in [0.15, 0.2) is 30.6 Å². The minimum Gasteiger partial charge on any atom is -0.392 e. The first-order valence-corrected chi connectivity index (χ1v) is 6.21. The van der Waals surface area contributed by atoms with Crippen molar-refractivity contribution >= 4 is 0 Å². The van der Waals surface area contributed by atoms with Gasteiger partial charge in [0, 0.05) is 19.2 Å². The standard InChI is InChI=1S/C14H16F2N2O/c1-2-18-9-11(8-17-18)6-12(19)5-10-3-4-13(15)14(16)7-10/h3-4,7-9,12,19H,2,5-6H2,1H3. The molecule has 0 aliphatic heterocycles. The molecule has 0 saturated carbocycles. The summed E-state index contributed by atoms with van der Waals surface area (Å²) in [7, 11) is 0. The van der Waals surface area contributed by atoms with Crippen LogP contribution in [-0.4, -0.2) is 21.0 Å². The molecule has 1 unspecified atom stereocenters. The molecule has 0 aliphatic rings. The summed E-state index contributed by atoms with van der Waals surface area (Å²) in [5.41, 5.74) is 1.51. The van der Waals surface area contributed by atoms with Crippen LogP contribution in [0.5, 0.6) is 0 Å². The molecule has 0 bridgehead atoms. The van der Waals surface area contributed by atoms with Gasteiger partial charge in [-0.3, -0.25) is 4.68 Å². The maximum absolute atomic E-state index is 13.0. The van der Waals surface area contributed by atoms with Crippen LogP contribution in [0.25, 0.3) is 0 Å². The molecule has 1 aromatic heterocycles. The lowest BCUT2D eigenvalue weighted by atomic mass is 10.0. The fourth-order valence-corrected chi connectivity index (χ4v) is 1.97. The van der Waals surface area contributed by atoms with Crippen molar-refractivity contribution in [3.63, 3.8) is 0 Å². The third kappa shape index (κ3) is 3.61. The molecule has 1 atom stereocenters. The van der Waals surface area contributed by atoms with Crippen LogP contribution in [0.1, 0.15) is 18.1 Å². The van der Waals surface area contributed by atoms with E-state index in [2.05, 4.69) is 5.10 Å². The van der Waals surface area contributed by atoms with Crippen LogP contribution in [0.4, 0.5) is 8.78 Å². The predicted octanol–water partition coefficient (Wildman–Crippen LogP) is 2.33. The van der Waals surface area contributed by atoms with Gasteiger partial charge in [0.25, 0.3) is 0 Å². The molecule has 1 heterocycles. The van der Waals surface area contributed by atoms with Gasteiger partial charge in [-0.1, -0.05) is 6.07 Å². The monoisotopic (exact) mass is 266 g/mol. The third-order valence-electron chi connectivity index (χ3n) is 2.94. The highest BCUT2D eigenvalue weighted by atomic mass is 19.2. The van der Waals surface area contributed by atoms with Crippen LogP contribution in [0.3, 0.4) is 0 Å². The zero-order valence-electron chi connectivity index (χ0n) is 10.7. The second-order valence-corrected chi connectivity index (χ2v) is 4.51. The number of aliphatic hydroxyl groups excluding tert-OH is 1. The maximum atomic E-state index is 13.0. The van der Waals surface area contributed by atoms with Crippen LogP contribution < -0.4 is 0 Å². The zero-order valence-corrected chi connectivity index (χ0v) is 10.7. The molecule has 2 aromatic rings. The highest BCUT2D eigenvalue weighted by Crippen LogP contribution is 2.12. The number of nitrogens with zero attached hydrogens (tertiary/aromatic N) is 2. The summed E-state index contributed by atoms with van der Waals surface area (Å²) in [6, 6.07) is 3.68. The van der Waals surface area contributed by atoms with E-state index < -0.39 is 17.7 Å². The van der Waals surface area contributed by atoms with Gasteiger partial charge in [0.1, 0.15) is 0 Å². The first-order chi connectivity index (χ1) is 9.08. The summed E-state index contributed by atoms with van der Waals surface area (Å²) >= 11 is 0. The summed E-state index contributed by atoms with van der Waals surface area (Å²) in [5.74, 6) is -1.76. The highest BCUT2D eigenvalue weighted by molar-refractivity contribution is 5.19. The molecule has 0 aliphatic carbocycles. The molecule has 1 N–H and O–H groups in total. The maximum Gasteiger partial charge on any atom is 0.159 e. The Kier molecular flexibility index (Phi) is 4.27. The van der Waals surface area contributed by atoms with E-state index in [1.807, 2.05) is 13.1 Å². The van der Waals surface area contributed by atoms with E-state index in [0.717, 1.165) is 24.2 Å². The van der Waals surface area contributed by atoms with Crippen molar-refractivity contribution < 1.29 is 13.9 Å². The molecule has 2 rings (SSSR count). The Bertz CT molecular complexity index is 554. The van der Waals surface area contributed by atoms with Crippen LogP contribution >= 0.6 is 0 Å². The largest absolute Gasteiger partial charge is 0.392 e. The quantitative estimate of drug-likeness (QED) is 0.902. The Hall–Kier alpha value is -1.75. The number of hydrogen-bond acceptors (Lipinski definition) is 2. The Morgan fingerprint density at radius 3 is 2.58 bits per heavy atom. The molecule has 0 saturated heterocycles. The number of benzene rings is 1. The van der Waals surface area contributed by atoms with Crippen molar-refractivity contribution in [3.05, 3.63) is 53.4 Å². The molecule has 0 radical (unpaired) electrons. The highest BCUT2D eigenvalue weighted by Gasteiger charge is 2.10. The fourth-order valence-electron chi connectivity index (χ4n) is 1.97. The van der Waals surface area contributed by atoms with E-state index in [0.29, 0.717) is 12.0 Å². The Morgan fingerprint density at radius 2 is 1.95 bits per heavy atom. The van der Waals surface area contributed by atoms with Crippen molar-refractivity contribution in [1.82, 2.24) is 9.78 Å². The third-order valence-corrected chi connectivity index (χ3v) is 2.94. The summed E-state index contributed by atoms with van der Waals surface area (Å²) in [4.78, 5) is 0. The molecule has 0 spiro atoms. The van der Waals surface area contributed by atoms with E-state index in [-0.39, 0.29) is 6.42 Å². The van der Waals surface area contributed by atoms with E-state index in [9.17, 15) is 13.9 Å². The predicted molar refractivity (Wildman–Crippen MR) is 67.7 cm³/mol. The molecular weight excluding hydrogens is 250 g/mol. The lowest BCUT2D eigenvalue weighted by Crippen LogP contribution is -2.13. The van der Waals surface area contributed by atoms with E-state index in [4.69, 9.17) is 0 Å². The van der Waals surface area contributed by atoms with Crippen molar-refractivity contribution in [1.29, 1.82) is 0 Å². The van der Waals surface area contributed by atoms with Gasteiger partial charge in [0.2, 0.25) is 0 Å². The van der Waals surface area contributed by atoms with Crippen molar-refractivity contribution in [2.45, 2.75) is 32.4 Å². The summed E-state index contributed by atoms with van der Waals surface area (Å²) in [5, 5.41) is 14.1. The Labute approximate surface area is 110 Å². The number of aliphatic hydroxyl groups is 1. The van der Waals surface area contributed by atoms with Gasteiger partial charge in [0.15, 0.2) is 11.6 Å². The number of aromatic nitrogens is 2. The minimum atomic E-state index is -0.886. The van der Waals surface area contributed by atoms with Gasteiger partial charge in [-0.25, -0.2) is 8.78 Å². The second-order valence-electron chi connectivity index (χ2n) is 4.51. The molecule has 3 nitrogen and oxygen atoms in total. The van der Waals surface area contributed by atoms with Gasteiger partial charge < -0.3 is 5.11 Å². The Balaban J connectivity index is 1.96. The molecule has 5 heteroatoms. The number of halogens is 2. The van der Waals surface area contributed by atoms with Crippen LogP contribution in [0.2, 0.25) is 0 Å². The lowest BCUT2D eigenvalue weighted by molar-refractivity contribution is 0.175. The van der Waals surface area contributed by atoms with Gasteiger partial charge in [-0.2, -0.15) is 5.10 Å². The first kappa shape index (κ1) is 13.7. The van der Waals surface area contributed by atoms with Crippen molar-refractivity contribution in [3.8, 4) is 0 Å². The molecule has 1 aromatic carbocycles. The molecule has 102 valence electrons. The average molecular weight is 266 g/mol. The normalized spacial score (nSPS) is 12.6. The topological polar surface area (TPSA) is 38.0 Å². The summed E-state index contributed by atoms with van der Waals surface area (Å²) in [6.45, 7) is 2.76. The zero-order chi connectivity index (χ0) is 13.8. The Morgan fingerprint density at radius 1 is 1.21 bits per heavy atom. The lowest BCUT2D eigenvalue weighted by Gasteiger charge is -2.09. The van der Waals surface area contributed by atoms with Gasteiger partial charge in [-0.15, -0.1) is 0 Å². The second kappa shape index (κ2) is 5.93. The van der Waals surface area contributed by atoms with Crippen molar-refractivity contribution in [2.75, 3.05) is 0 Å². The number of hydrogen-bond donors (Lipinski definition) is 1. The minimum absolute atomic E-state index is 0.286. The van der Waals surface area contributed by atoms with Crippen molar-refractivity contribution in [2.24, 2.45) is 0 Å². The molecule has 0 fully saturated rings. The van der Waals surface area contributed by atoms with Gasteiger partial charge in [0.05, 0.1) is 12.3 Å². The van der Waals surface area contributed by atoms with Crippen LogP contribution in [-0.2, 0) is 19.4 Å². The average Bonchev–Trinajstić information content (AvgIpc) is 2.81. The molecular formula is C14H16F2N2O. The molecule has 0 amide bonds. The van der Waals surface area contributed by atoms with E-state index in [1.165, 1.54) is 6.07 Å². The van der Waals surface area contributed by atoms with E-state index in [1.54, 1.807) is 10.9 Å². The summed E-state index contributed by atoms with van der Waals surface area (Å²) < 4.78 is 27.6. The number of rotatable bonds is 5. The van der Waals surface area contributed by atoms with E-state index >= 15 is 0 Å². The first-order valence-electron chi connectivity index (χ1n) is 6.21. The molecule has 19 heavy (non-hydrogen) atoms. The SMILES string of the molecule is CCn1cc(CC(O)Cc2ccc(F)c(F)c2)cn1. The fraction of sp³-hybridized carbons (Fsp3) is 0.357.